The summed E-state index contributed by atoms with van der Waals surface area (Å²) in [6.07, 6.45) is 16.5. The first-order valence-electron chi connectivity index (χ1n) is 12.9. The van der Waals surface area contributed by atoms with E-state index in [1.807, 2.05) is 79.8 Å². The number of hydrogen-bond acceptors (Lipinski definition) is 7. The molecule has 0 saturated heterocycles. The van der Waals surface area contributed by atoms with Gasteiger partial charge in [-0.25, -0.2) is 0 Å². The Kier molecular flexibility index (Phi) is 7.33. The summed E-state index contributed by atoms with van der Waals surface area (Å²) in [6, 6.07) is 11.6. The van der Waals surface area contributed by atoms with Gasteiger partial charge in [0.1, 0.15) is 4.88 Å². The second-order valence-electron chi connectivity index (χ2n) is 9.99. The third-order valence-electron chi connectivity index (χ3n) is 7.21. The fraction of sp³-hybridized carbons (Fsp3) is 0.207. The predicted octanol–water partition coefficient (Wildman–Crippen LogP) is 5.98. The summed E-state index contributed by atoms with van der Waals surface area (Å²) < 4.78 is 69.7. The van der Waals surface area contributed by atoms with E-state index in [-0.39, 0.29) is 11.8 Å². The van der Waals surface area contributed by atoms with Crippen LogP contribution in [0.15, 0.2) is 88.4 Å². The Balaban J connectivity index is 1.47. The van der Waals surface area contributed by atoms with Crippen LogP contribution in [0.2, 0.25) is 0 Å². The predicted molar refractivity (Wildman–Crippen MR) is 165 cm³/mol. The summed E-state index contributed by atoms with van der Waals surface area (Å²) in [6.45, 7) is 1.96. The van der Waals surface area contributed by atoms with Gasteiger partial charge in [0.15, 0.2) is 5.88 Å². The van der Waals surface area contributed by atoms with Crippen molar-refractivity contribution in [2.24, 2.45) is 5.92 Å². The number of thioether (sulfide) groups is 1. The van der Waals surface area contributed by atoms with Gasteiger partial charge in [0, 0.05) is 22.3 Å². The number of thiazole rings is 1. The maximum Gasteiger partial charge on any atom is 0.326 e. The zero-order valence-electron chi connectivity index (χ0n) is 21.9. The molecule has 12 heteroatoms. The lowest BCUT2D eigenvalue weighted by molar-refractivity contribution is -0.683. The Morgan fingerprint density at radius 3 is 2.56 bits per heavy atom. The molecular formula is C29H27N2O6S4+. The van der Waals surface area contributed by atoms with E-state index < -0.39 is 32.0 Å². The fourth-order valence-corrected chi connectivity index (χ4v) is 9.18. The number of rotatable bonds is 7. The number of benzene rings is 2. The van der Waals surface area contributed by atoms with Crippen LogP contribution in [-0.2, 0) is 26.1 Å². The van der Waals surface area contributed by atoms with Crippen molar-refractivity contribution in [2.75, 3.05) is 10.8 Å². The molecule has 0 spiro atoms. The first kappa shape index (κ1) is 28.1. The van der Waals surface area contributed by atoms with E-state index in [4.69, 9.17) is 0 Å². The monoisotopic (exact) mass is 627 g/mol. The minimum absolute atomic E-state index is 0.0537. The topological polar surface area (TPSA) is 116 Å². The lowest BCUT2D eigenvalue weighted by Gasteiger charge is -2.22. The standard InChI is InChI=1S/C29H26N2O6S4/c1-2-19(15-26-30(17-40(32,33)34)28-22-9-5-3-7-20(22)11-13-24(28)38-26)16-27-31(18-41(35,36)37)29-23-10-6-4-8-21(23)12-14-25(29)39-27/h3-16,20,22H,2,17-18H2,1H3,(H-,32,33,34,35,36,37)/p+1. The van der Waals surface area contributed by atoms with Gasteiger partial charge in [0.2, 0.25) is 5.69 Å². The van der Waals surface area contributed by atoms with Gasteiger partial charge in [-0.15, -0.1) is 0 Å². The largest absolute Gasteiger partial charge is 0.326 e. The maximum absolute atomic E-state index is 12.1. The number of fused-ring (bicyclic) bond motifs is 6. The minimum Gasteiger partial charge on any atom is -0.317 e. The molecule has 3 aliphatic rings. The molecule has 2 unspecified atom stereocenters. The number of aromatic nitrogens is 1. The van der Waals surface area contributed by atoms with Gasteiger partial charge < -0.3 is 4.90 Å². The van der Waals surface area contributed by atoms with E-state index in [1.54, 1.807) is 9.47 Å². The van der Waals surface area contributed by atoms with E-state index in [1.165, 1.54) is 23.1 Å². The van der Waals surface area contributed by atoms with Crippen molar-refractivity contribution < 1.29 is 30.5 Å². The van der Waals surface area contributed by atoms with Crippen molar-refractivity contribution >= 4 is 71.9 Å². The van der Waals surface area contributed by atoms with Crippen LogP contribution in [-0.4, -0.2) is 31.8 Å². The van der Waals surface area contributed by atoms with Crippen molar-refractivity contribution in [1.29, 1.82) is 0 Å². The van der Waals surface area contributed by atoms with Crippen LogP contribution in [0.25, 0.3) is 22.9 Å². The summed E-state index contributed by atoms with van der Waals surface area (Å²) in [5.74, 6) is -1.14. The van der Waals surface area contributed by atoms with E-state index in [9.17, 15) is 25.9 Å². The third kappa shape index (κ3) is 5.72. The number of hydrogen-bond donors (Lipinski definition) is 2. The molecule has 6 rings (SSSR count). The Morgan fingerprint density at radius 2 is 1.80 bits per heavy atom. The van der Waals surface area contributed by atoms with Gasteiger partial charge in [-0.2, -0.15) is 21.4 Å². The maximum atomic E-state index is 12.1. The molecule has 2 aliphatic carbocycles. The smallest absolute Gasteiger partial charge is 0.317 e. The average Bonchev–Trinajstić information content (AvgIpc) is 3.43. The van der Waals surface area contributed by atoms with E-state index in [0.29, 0.717) is 22.1 Å². The van der Waals surface area contributed by atoms with Crippen molar-refractivity contribution in [3.8, 4) is 0 Å². The number of allylic oxidation sites excluding steroid dienone is 7. The van der Waals surface area contributed by atoms with Crippen molar-refractivity contribution in [3.05, 3.63) is 99.0 Å². The van der Waals surface area contributed by atoms with Crippen LogP contribution in [0.4, 0.5) is 5.69 Å². The van der Waals surface area contributed by atoms with Gasteiger partial charge in [0.25, 0.3) is 21.0 Å². The quantitative estimate of drug-likeness (QED) is 0.243. The molecule has 2 N–H and O–H groups in total. The highest BCUT2D eigenvalue weighted by atomic mass is 32.2. The van der Waals surface area contributed by atoms with Crippen molar-refractivity contribution in [2.45, 2.75) is 30.0 Å². The van der Waals surface area contributed by atoms with E-state index >= 15 is 0 Å². The molecule has 41 heavy (non-hydrogen) atoms. The van der Waals surface area contributed by atoms with Crippen LogP contribution in [0.3, 0.4) is 0 Å². The molecule has 0 saturated carbocycles. The molecule has 0 bridgehead atoms. The van der Waals surface area contributed by atoms with Gasteiger partial charge in [-0.05, 0) is 35.6 Å². The molecule has 1 aliphatic heterocycles. The molecular weight excluding hydrogens is 601 g/mol. The second kappa shape index (κ2) is 10.7. The first-order valence-corrected chi connectivity index (χ1v) is 17.8. The van der Waals surface area contributed by atoms with Crippen LogP contribution < -0.4 is 9.47 Å². The first-order chi connectivity index (χ1) is 19.5. The Bertz CT molecular complexity index is 1930. The molecule has 0 amide bonds. The highest BCUT2D eigenvalue weighted by Gasteiger charge is 2.38. The Morgan fingerprint density at radius 1 is 1.02 bits per heavy atom. The van der Waals surface area contributed by atoms with Crippen molar-refractivity contribution in [3.63, 3.8) is 0 Å². The molecule has 2 heterocycles. The van der Waals surface area contributed by atoms with E-state index in [0.717, 1.165) is 31.8 Å². The lowest BCUT2D eigenvalue weighted by Crippen LogP contribution is -2.44. The molecule has 212 valence electrons. The highest BCUT2D eigenvalue weighted by Crippen LogP contribution is 2.50. The minimum atomic E-state index is -4.36. The second-order valence-corrected chi connectivity index (χ2v) is 15.0. The van der Waals surface area contributed by atoms with Gasteiger partial charge in [-0.3, -0.25) is 9.11 Å². The van der Waals surface area contributed by atoms with Gasteiger partial charge in [0.05, 0.1) is 16.6 Å². The van der Waals surface area contributed by atoms with Crippen LogP contribution in [0, 0.1) is 5.92 Å². The lowest BCUT2D eigenvalue weighted by atomic mass is 9.82. The molecule has 3 aromatic rings. The van der Waals surface area contributed by atoms with E-state index in [2.05, 4.69) is 12.2 Å². The van der Waals surface area contributed by atoms with Crippen LogP contribution in [0.5, 0.6) is 0 Å². The van der Waals surface area contributed by atoms with Crippen LogP contribution >= 0.6 is 23.1 Å². The molecule has 8 nitrogen and oxygen atoms in total. The zero-order valence-corrected chi connectivity index (χ0v) is 25.2. The highest BCUT2D eigenvalue weighted by molar-refractivity contribution is 8.03. The fourth-order valence-electron chi connectivity index (χ4n) is 5.45. The average molecular weight is 628 g/mol. The summed E-state index contributed by atoms with van der Waals surface area (Å²) in [7, 11) is -8.70. The molecule has 0 radical (unpaired) electrons. The Hall–Kier alpha value is -3.00. The Labute approximate surface area is 247 Å². The summed E-state index contributed by atoms with van der Waals surface area (Å²) in [5.41, 5.74) is 2.37. The normalized spacial score (nSPS) is 21.0. The van der Waals surface area contributed by atoms with Crippen LogP contribution in [0.1, 0.15) is 34.8 Å². The summed E-state index contributed by atoms with van der Waals surface area (Å²) in [4.78, 5) is 3.40. The zero-order chi connectivity index (χ0) is 28.9. The summed E-state index contributed by atoms with van der Waals surface area (Å²) >= 11 is 2.85. The number of nitrogens with zero attached hydrogens (tertiary/aromatic N) is 2. The van der Waals surface area contributed by atoms with Gasteiger partial charge in [-0.1, -0.05) is 90.7 Å². The van der Waals surface area contributed by atoms with Crippen molar-refractivity contribution in [1.82, 2.24) is 0 Å². The SMILES string of the molecule is CCC(=C/c1sc2c([n+]1CS(=O)(=O)O)C1C=CC=CC1C=C2)/C=C1\Sc2ccc3ccccc3c2N1CS(=O)(=O)O. The molecule has 1 aromatic heterocycles. The molecule has 2 atom stereocenters. The molecule has 0 fully saturated rings. The third-order valence-corrected chi connectivity index (χ3v) is 10.6. The number of anilines is 1. The summed E-state index contributed by atoms with van der Waals surface area (Å²) in [5, 5.41) is 3.11. The molecule has 2 aromatic carbocycles. The van der Waals surface area contributed by atoms with Gasteiger partial charge >= 0.3 is 10.1 Å².